The van der Waals surface area contributed by atoms with Crippen LogP contribution in [0.4, 0.5) is 5.69 Å². The van der Waals surface area contributed by atoms with E-state index in [1.165, 1.54) is 25.3 Å². The first-order chi connectivity index (χ1) is 13.3. The molecule has 0 aliphatic rings. The first-order valence-corrected chi connectivity index (χ1v) is 10.5. The van der Waals surface area contributed by atoms with Crippen LogP contribution in [0.5, 0.6) is 11.5 Å². The van der Waals surface area contributed by atoms with Crippen molar-refractivity contribution in [2.75, 3.05) is 32.1 Å². The van der Waals surface area contributed by atoms with E-state index in [-0.39, 0.29) is 18.0 Å². The molecule has 7 nitrogen and oxygen atoms in total. The van der Waals surface area contributed by atoms with E-state index in [0.29, 0.717) is 28.8 Å². The highest BCUT2D eigenvalue weighted by molar-refractivity contribution is 7.89. The quantitative estimate of drug-likeness (QED) is 0.664. The summed E-state index contributed by atoms with van der Waals surface area (Å²) in [5.41, 5.74) is 0.449. The molecule has 0 radical (unpaired) electrons. The zero-order chi connectivity index (χ0) is 20.7. The number of nitrogens with one attached hydrogen (secondary N) is 1. The highest BCUT2D eigenvalue weighted by atomic mass is 35.5. The fourth-order valence-corrected chi connectivity index (χ4v) is 4.16. The lowest BCUT2D eigenvalue weighted by atomic mass is 10.3. The number of hydrogen-bond acceptors (Lipinski definition) is 5. The Kier molecular flexibility index (Phi) is 7.68. The minimum atomic E-state index is -3.82. The predicted molar refractivity (Wildman–Crippen MR) is 109 cm³/mol. The molecule has 0 atom stereocenters. The number of methoxy groups -OCH3 is 1. The number of sulfonamides is 1. The van der Waals surface area contributed by atoms with Crippen molar-refractivity contribution in [2.45, 2.75) is 18.7 Å². The van der Waals surface area contributed by atoms with Crippen molar-refractivity contribution in [1.29, 1.82) is 0 Å². The molecule has 1 amide bonds. The summed E-state index contributed by atoms with van der Waals surface area (Å²) in [6, 6.07) is 10.9. The molecule has 0 fully saturated rings. The van der Waals surface area contributed by atoms with Crippen molar-refractivity contribution in [3.8, 4) is 11.5 Å². The molecular formula is C19H23ClN2O5S. The van der Waals surface area contributed by atoms with E-state index in [1.807, 2.05) is 6.92 Å². The van der Waals surface area contributed by atoms with Gasteiger partial charge in [0.25, 0.3) is 0 Å². The summed E-state index contributed by atoms with van der Waals surface area (Å²) >= 11 is 6.04. The summed E-state index contributed by atoms with van der Waals surface area (Å²) in [5.74, 6) is 0.587. The van der Waals surface area contributed by atoms with Crippen LogP contribution in [0.1, 0.15) is 13.8 Å². The SMILES string of the molecule is CCOc1ccc(S(=O)(=O)N(CC)CC(=O)Nc2ccc(OC)c(Cl)c2)cc1. The third-order valence-electron chi connectivity index (χ3n) is 3.88. The molecule has 28 heavy (non-hydrogen) atoms. The van der Waals surface area contributed by atoms with Crippen molar-refractivity contribution < 1.29 is 22.7 Å². The Balaban J connectivity index is 2.11. The van der Waals surface area contributed by atoms with E-state index in [2.05, 4.69) is 5.32 Å². The first-order valence-electron chi connectivity index (χ1n) is 8.68. The summed E-state index contributed by atoms with van der Waals surface area (Å²) < 4.78 is 37.1. The van der Waals surface area contributed by atoms with Gasteiger partial charge in [0.1, 0.15) is 11.5 Å². The molecule has 2 aromatic carbocycles. The van der Waals surface area contributed by atoms with E-state index < -0.39 is 15.9 Å². The van der Waals surface area contributed by atoms with Gasteiger partial charge in [-0.25, -0.2) is 8.42 Å². The summed E-state index contributed by atoms with van der Waals surface area (Å²) in [4.78, 5) is 12.4. The molecule has 0 heterocycles. The van der Waals surface area contributed by atoms with Crippen LogP contribution < -0.4 is 14.8 Å². The maximum Gasteiger partial charge on any atom is 0.243 e. The van der Waals surface area contributed by atoms with Crippen molar-refractivity contribution in [2.24, 2.45) is 0 Å². The third-order valence-corrected chi connectivity index (χ3v) is 6.11. The lowest BCUT2D eigenvalue weighted by Gasteiger charge is -2.20. The molecule has 0 aliphatic carbocycles. The summed E-state index contributed by atoms with van der Waals surface area (Å²) in [6.45, 7) is 3.83. The maximum absolute atomic E-state index is 12.8. The number of benzene rings is 2. The van der Waals surface area contributed by atoms with Crippen LogP contribution in [0.3, 0.4) is 0 Å². The summed E-state index contributed by atoms with van der Waals surface area (Å²) in [5, 5.41) is 2.99. The minimum absolute atomic E-state index is 0.0955. The topological polar surface area (TPSA) is 84.9 Å². The van der Waals surface area contributed by atoms with Gasteiger partial charge in [-0.05, 0) is 49.4 Å². The molecule has 9 heteroatoms. The molecule has 0 saturated heterocycles. The number of carbonyl (C=O) groups excluding carboxylic acids is 1. The highest BCUT2D eigenvalue weighted by Gasteiger charge is 2.25. The van der Waals surface area contributed by atoms with Gasteiger partial charge in [0.05, 0.1) is 30.2 Å². The summed E-state index contributed by atoms with van der Waals surface area (Å²) in [6.07, 6.45) is 0. The van der Waals surface area contributed by atoms with E-state index in [0.717, 1.165) is 4.31 Å². The number of halogens is 1. The van der Waals surface area contributed by atoms with E-state index in [4.69, 9.17) is 21.1 Å². The summed E-state index contributed by atoms with van der Waals surface area (Å²) in [7, 11) is -2.33. The van der Waals surface area contributed by atoms with Crippen LogP contribution in [-0.4, -0.2) is 45.4 Å². The second kappa shape index (κ2) is 9.77. The number of nitrogens with zero attached hydrogens (tertiary/aromatic N) is 1. The van der Waals surface area contributed by atoms with Crippen molar-refractivity contribution in [3.05, 3.63) is 47.5 Å². The average Bonchev–Trinajstić information content (AvgIpc) is 2.67. The number of likely N-dealkylation sites (N-methyl/N-ethyl adjacent to an activating group) is 1. The van der Waals surface area contributed by atoms with Gasteiger partial charge in [0.2, 0.25) is 15.9 Å². The van der Waals surface area contributed by atoms with Crippen LogP contribution in [0, 0.1) is 0 Å². The normalized spacial score (nSPS) is 11.3. The molecule has 0 saturated carbocycles. The molecule has 0 unspecified atom stereocenters. The number of anilines is 1. The Morgan fingerprint density at radius 2 is 1.82 bits per heavy atom. The second-order valence-corrected chi connectivity index (χ2v) is 8.08. The Morgan fingerprint density at radius 1 is 1.14 bits per heavy atom. The molecule has 0 bridgehead atoms. The second-order valence-electron chi connectivity index (χ2n) is 5.73. The van der Waals surface area contributed by atoms with Crippen molar-refractivity contribution in [1.82, 2.24) is 4.31 Å². The third kappa shape index (κ3) is 5.37. The average molecular weight is 427 g/mol. The van der Waals surface area contributed by atoms with Crippen LogP contribution in [0.15, 0.2) is 47.4 Å². The van der Waals surface area contributed by atoms with Gasteiger partial charge < -0.3 is 14.8 Å². The Morgan fingerprint density at radius 3 is 2.36 bits per heavy atom. The van der Waals surface area contributed by atoms with Crippen LogP contribution in [0.2, 0.25) is 5.02 Å². The molecule has 0 spiro atoms. The molecule has 2 aromatic rings. The van der Waals surface area contributed by atoms with Gasteiger partial charge in [-0.2, -0.15) is 4.31 Å². The Hall–Kier alpha value is -2.29. The highest BCUT2D eigenvalue weighted by Crippen LogP contribution is 2.27. The smallest absolute Gasteiger partial charge is 0.243 e. The lowest BCUT2D eigenvalue weighted by Crippen LogP contribution is -2.37. The Labute approximate surface area is 170 Å². The number of carbonyl (C=O) groups is 1. The maximum atomic E-state index is 12.8. The molecule has 2 rings (SSSR count). The van der Waals surface area contributed by atoms with Crippen LogP contribution >= 0.6 is 11.6 Å². The molecule has 1 N–H and O–H groups in total. The minimum Gasteiger partial charge on any atom is -0.495 e. The largest absolute Gasteiger partial charge is 0.495 e. The van der Waals surface area contributed by atoms with Gasteiger partial charge in [0.15, 0.2) is 0 Å². The fraction of sp³-hybridized carbons (Fsp3) is 0.316. The zero-order valence-corrected chi connectivity index (χ0v) is 17.5. The molecule has 152 valence electrons. The van der Waals surface area contributed by atoms with Gasteiger partial charge in [-0.3, -0.25) is 4.79 Å². The number of ether oxygens (including phenoxy) is 2. The van der Waals surface area contributed by atoms with Crippen molar-refractivity contribution >= 4 is 33.2 Å². The molecule has 0 aliphatic heterocycles. The van der Waals surface area contributed by atoms with Gasteiger partial charge in [-0.15, -0.1) is 0 Å². The van der Waals surface area contributed by atoms with E-state index in [1.54, 1.807) is 31.2 Å². The van der Waals surface area contributed by atoms with Gasteiger partial charge in [-0.1, -0.05) is 18.5 Å². The molecular weight excluding hydrogens is 404 g/mol. The number of amides is 1. The van der Waals surface area contributed by atoms with Gasteiger partial charge in [0, 0.05) is 12.2 Å². The van der Waals surface area contributed by atoms with Crippen molar-refractivity contribution in [3.63, 3.8) is 0 Å². The van der Waals surface area contributed by atoms with Gasteiger partial charge >= 0.3 is 0 Å². The monoisotopic (exact) mass is 426 g/mol. The predicted octanol–water partition coefficient (Wildman–Crippen LogP) is 3.40. The zero-order valence-electron chi connectivity index (χ0n) is 15.9. The number of rotatable bonds is 9. The number of hydrogen-bond donors (Lipinski definition) is 1. The van der Waals surface area contributed by atoms with E-state index in [9.17, 15) is 13.2 Å². The lowest BCUT2D eigenvalue weighted by molar-refractivity contribution is -0.116. The van der Waals surface area contributed by atoms with Crippen LogP contribution in [0.25, 0.3) is 0 Å². The molecule has 0 aromatic heterocycles. The first kappa shape index (κ1) is 22.0. The Bertz CT molecular complexity index is 916. The standard InChI is InChI=1S/C19H23ClN2O5S/c1-4-22(28(24,25)16-9-7-15(8-10-16)27-5-2)13-19(23)21-14-6-11-18(26-3)17(20)12-14/h6-12H,4-5,13H2,1-3H3,(H,21,23). The van der Waals surface area contributed by atoms with Crippen LogP contribution in [-0.2, 0) is 14.8 Å². The fourth-order valence-electron chi connectivity index (χ4n) is 2.50. The van der Waals surface area contributed by atoms with E-state index >= 15 is 0 Å².